The van der Waals surface area contributed by atoms with Crippen molar-refractivity contribution < 1.29 is 24.6 Å². The molecule has 0 saturated heterocycles. The summed E-state index contributed by atoms with van der Waals surface area (Å²) in [5.74, 6) is -2.07. The summed E-state index contributed by atoms with van der Waals surface area (Å²) in [6.45, 7) is 4.31. The molecule has 4 N–H and O–H groups in total. The molecule has 0 saturated carbocycles. The molecule has 3 rings (SSSR count). The van der Waals surface area contributed by atoms with Crippen LogP contribution in [0.2, 0.25) is 0 Å². The monoisotopic (exact) mass is 493 g/mol. The van der Waals surface area contributed by atoms with Gasteiger partial charge in [-0.3, -0.25) is 20.1 Å². The topological polar surface area (TPSA) is 139 Å². The molecule has 3 aromatic rings. The molecule has 0 aliphatic carbocycles. The molecule has 0 radical (unpaired) electrons. The number of aromatic amines is 1. The average molecular weight is 494 g/mol. The van der Waals surface area contributed by atoms with E-state index in [0.29, 0.717) is 6.54 Å². The van der Waals surface area contributed by atoms with Gasteiger partial charge < -0.3 is 15.1 Å². The Hall–Kier alpha value is -4.02. The molecular formula is C26H31N5O5. The molecule has 1 atom stereocenters. The van der Waals surface area contributed by atoms with Crippen molar-refractivity contribution in [3.05, 3.63) is 77.6 Å². The highest BCUT2D eigenvalue weighted by Gasteiger charge is 2.23. The Kier molecular flexibility index (Phi) is 8.93. The highest BCUT2D eigenvalue weighted by Crippen LogP contribution is 2.19. The van der Waals surface area contributed by atoms with Crippen LogP contribution in [0.5, 0.6) is 0 Å². The maximum atomic E-state index is 12.8. The van der Waals surface area contributed by atoms with E-state index in [4.69, 9.17) is 5.11 Å². The maximum absolute atomic E-state index is 12.8. The van der Waals surface area contributed by atoms with Crippen LogP contribution in [0.25, 0.3) is 11.1 Å². The van der Waals surface area contributed by atoms with E-state index in [9.17, 15) is 19.5 Å². The molecule has 190 valence electrons. The Morgan fingerprint density at radius 1 is 1.00 bits per heavy atom. The number of aromatic nitrogens is 2. The molecule has 1 heterocycles. The lowest BCUT2D eigenvalue weighted by Crippen LogP contribution is -2.47. The number of aliphatic hydroxyl groups is 1. The van der Waals surface area contributed by atoms with Gasteiger partial charge >= 0.3 is 5.97 Å². The lowest BCUT2D eigenvalue weighted by atomic mass is 10.0. The van der Waals surface area contributed by atoms with Gasteiger partial charge in [-0.25, -0.2) is 9.80 Å². The standard InChI is InChI=1S/C26H31N5O5/c1-17(2)14-30(3)25(34)22-13-21(27-28-22)24(33)29-31(16-23(32)26(35)36)15-18-9-11-20(12-10-18)19-7-5-4-6-8-19/h4-13,17,23,32H,14-16H2,1-3H3,(H,27,28)(H,29,33)(H,35,36)/t23-/m1/s1. The zero-order valence-electron chi connectivity index (χ0n) is 20.5. The summed E-state index contributed by atoms with van der Waals surface area (Å²) in [5.41, 5.74) is 5.59. The van der Waals surface area contributed by atoms with Crippen LogP contribution >= 0.6 is 0 Å². The fourth-order valence-corrected chi connectivity index (χ4v) is 3.67. The molecule has 0 unspecified atom stereocenters. The summed E-state index contributed by atoms with van der Waals surface area (Å²) >= 11 is 0. The minimum absolute atomic E-state index is 0.0329. The van der Waals surface area contributed by atoms with E-state index in [1.54, 1.807) is 7.05 Å². The third kappa shape index (κ3) is 7.24. The molecule has 0 fully saturated rings. The van der Waals surface area contributed by atoms with Gasteiger partial charge in [0, 0.05) is 26.2 Å². The summed E-state index contributed by atoms with van der Waals surface area (Å²) in [4.78, 5) is 38.1. The first-order valence-corrected chi connectivity index (χ1v) is 11.6. The third-order valence-corrected chi connectivity index (χ3v) is 5.40. The molecule has 10 nitrogen and oxygen atoms in total. The van der Waals surface area contributed by atoms with Crippen molar-refractivity contribution in [1.82, 2.24) is 25.5 Å². The number of hydrogen-bond donors (Lipinski definition) is 4. The fraction of sp³-hybridized carbons (Fsp3) is 0.308. The number of amides is 2. The van der Waals surface area contributed by atoms with E-state index in [1.807, 2.05) is 68.4 Å². The molecule has 10 heteroatoms. The van der Waals surface area contributed by atoms with Crippen LogP contribution in [0.15, 0.2) is 60.7 Å². The third-order valence-electron chi connectivity index (χ3n) is 5.40. The lowest BCUT2D eigenvalue weighted by Gasteiger charge is -2.24. The average Bonchev–Trinajstić information content (AvgIpc) is 3.34. The number of aliphatic hydroxyl groups excluding tert-OH is 1. The van der Waals surface area contributed by atoms with Gasteiger partial charge in [0.15, 0.2) is 11.8 Å². The molecule has 0 bridgehead atoms. The van der Waals surface area contributed by atoms with Crippen molar-refractivity contribution in [2.45, 2.75) is 26.5 Å². The summed E-state index contributed by atoms with van der Waals surface area (Å²) in [5, 5.41) is 26.8. The van der Waals surface area contributed by atoms with Gasteiger partial charge in [0.2, 0.25) is 0 Å². The number of H-pyrrole nitrogens is 1. The Morgan fingerprint density at radius 3 is 2.25 bits per heavy atom. The second kappa shape index (κ2) is 12.1. The minimum atomic E-state index is -1.71. The van der Waals surface area contributed by atoms with Crippen LogP contribution in [-0.4, -0.2) is 74.3 Å². The van der Waals surface area contributed by atoms with Crippen LogP contribution < -0.4 is 5.43 Å². The van der Waals surface area contributed by atoms with E-state index in [0.717, 1.165) is 16.7 Å². The van der Waals surface area contributed by atoms with Crippen LogP contribution in [-0.2, 0) is 11.3 Å². The van der Waals surface area contributed by atoms with Crippen molar-refractivity contribution in [1.29, 1.82) is 0 Å². The van der Waals surface area contributed by atoms with Crippen LogP contribution in [0.4, 0.5) is 0 Å². The Balaban J connectivity index is 1.71. The van der Waals surface area contributed by atoms with E-state index < -0.39 is 18.0 Å². The number of carboxylic acid groups (broad SMARTS) is 1. The minimum Gasteiger partial charge on any atom is -0.479 e. The first kappa shape index (κ1) is 26.6. The number of nitrogens with zero attached hydrogens (tertiary/aromatic N) is 3. The number of aliphatic carboxylic acids is 1. The number of carbonyl (C=O) groups excluding carboxylic acids is 2. The number of benzene rings is 2. The summed E-state index contributed by atoms with van der Waals surface area (Å²) in [6, 6.07) is 18.8. The van der Waals surface area contributed by atoms with Crippen molar-refractivity contribution >= 4 is 17.8 Å². The second-order valence-corrected chi connectivity index (χ2v) is 8.98. The van der Waals surface area contributed by atoms with E-state index >= 15 is 0 Å². The van der Waals surface area contributed by atoms with Crippen LogP contribution in [0.1, 0.15) is 40.4 Å². The van der Waals surface area contributed by atoms with E-state index in [1.165, 1.54) is 16.0 Å². The molecule has 36 heavy (non-hydrogen) atoms. The molecule has 0 spiro atoms. The largest absolute Gasteiger partial charge is 0.479 e. The van der Waals surface area contributed by atoms with E-state index in [2.05, 4.69) is 15.6 Å². The first-order chi connectivity index (χ1) is 17.1. The number of nitrogens with one attached hydrogen (secondary N) is 2. The Labute approximate surface area is 209 Å². The molecule has 1 aromatic heterocycles. The zero-order valence-corrected chi connectivity index (χ0v) is 20.5. The molecule has 0 aliphatic heterocycles. The quantitative estimate of drug-likeness (QED) is 0.301. The predicted octanol–water partition coefficient (Wildman–Crippen LogP) is 2.40. The van der Waals surface area contributed by atoms with Crippen LogP contribution in [0, 0.1) is 5.92 Å². The van der Waals surface area contributed by atoms with Gasteiger partial charge in [0.05, 0.1) is 6.54 Å². The summed E-state index contributed by atoms with van der Waals surface area (Å²) in [6.07, 6.45) is -1.71. The summed E-state index contributed by atoms with van der Waals surface area (Å²) < 4.78 is 0. The molecule has 0 aliphatic rings. The van der Waals surface area contributed by atoms with Crippen LogP contribution in [0.3, 0.4) is 0 Å². The number of carbonyl (C=O) groups is 3. The van der Waals surface area contributed by atoms with Gasteiger partial charge in [-0.05, 0) is 22.6 Å². The predicted molar refractivity (Wildman–Crippen MR) is 134 cm³/mol. The van der Waals surface area contributed by atoms with Crippen molar-refractivity contribution in [2.75, 3.05) is 20.1 Å². The van der Waals surface area contributed by atoms with E-state index in [-0.39, 0.29) is 36.3 Å². The van der Waals surface area contributed by atoms with Gasteiger partial charge in [-0.15, -0.1) is 0 Å². The number of rotatable bonds is 11. The fourth-order valence-electron chi connectivity index (χ4n) is 3.67. The summed E-state index contributed by atoms with van der Waals surface area (Å²) in [7, 11) is 1.66. The SMILES string of the molecule is CC(C)CN(C)C(=O)c1cc(C(=O)NN(Cc2ccc(-c3ccccc3)cc2)C[C@@H](O)C(=O)O)[nH]n1. The number of hydrazine groups is 1. The zero-order chi connectivity index (χ0) is 26.2. The molecular weight excluding hydrogens is 462 g/mol. The van der Waals surface area contributed by atoms with Crippen molar-refractivity contribution in [3.63, 3.8) is 0 Å². The van der Waals surface area contributed by atoms with Gasteiger partial charge in [-0.2, -0.15) is 5.10 Å². The van der Waals surface area contributed by atoms with Gasteiger partial charge in [0.1, 0.15) is 5.69 Å². The normalized spacial score (nSPS) is 11.9. The second-order valence-electron chi connectivity index (χ2n) is 8.98. The number of hydrogen-bond acceptors (Lipinski definition) is 6. The lowest BCUT2D eigenvalue weighted by molar-refractivity contribution is -0.148. The van der Waals surface area contributed by atoms with Crippen molar-refractivity contribution in [3.8, 4) is 11.1 Å². The highest BCUT2D eigenvalue weighted by molar-refractivity contribution is 5.97. The van der Waals surface area contributed by atoms with Gasteiger partial charge in [-0.1, -0.05) is 68.4 Å². The maximum Gasteiger partial charge on any atom is 0.333 e. The number of carboxylic acids is 1. The Morgan fingerprint density at radius 2 is 1.64 bits per heavy atom. The molecule has 2 aromatic carbocycles. The highest BCUT2D eigenvalue weighted by atomic mass is 16.4. The first-order valence-electron chi connectivity index (χ1n) is 11.6. The Bertz CT molecular complexity index is 1180. The van der Waals surface area contributed by atoms with Gasteiger partial charge in [0.25, 0.3) is 11.8 Å². The van der Waals surface area contributed by atoms with Crippen molar-refractivity contribution in [2.24, 2.45) is 5.92 Å². The smallest absolute Gasteiger partial charge is 0.333 e. The molecule has 2 amide bonds.